The molecular weight excluding hydrogens is 549 g/mol. The molecule has 0 aliphatic carbocycles. The number of pyridine rings is 1. The number of halogens is 3. The molecule has 13 heteroatoms. The highest BCUT2D eigenvalue weighted by molar-refractivity contribution is 6.04. The van der Waals surface area contributed by atoms with Gasteiger partial charge in [0.15, 0.2) is 0 Å². The van der Waals surface area contributed by atoms with Crippen LogP contribution >= 0.6 is 0 Å². The molecule has 0 bridgehead atoms. The first-order valence-corrected chi connectivity index (χ1v) is 13.4. The summed E-state index contributed by atoms with van der Waals surface area (Å²) in [5, 5.41) is 5.49. The Kier molecular flexibility index (Phi) is 6.79. The van der Waals surface area contributed by atoms with E-state index in [1.165, 1.54) is 0 Å². The van der Waals surface area contributed by atoms with Crippen LogP contribution in [0.15, 0.2) is 67.3 Å². The lowest BCUT2D eigenvalue weighted by atomic mass is 9.95. The summed E-state index contributed by atoms with van der Waals surface area (Å²) < 4.78 is 41.0. The fraction of sp³-hybridized carbons (Fsp3) is 0.276. The number of nitrogens with zero attached hydrogens (tertiary/aromatic N) is 5. The fourth-order valence-corrected chi connectivity index (χ4v) is 5.45. The van der Waals surface area contributed by atoms with Crippen LogP contribution in [0.2, 0.25) is 0 Å². The molecule has 0 saturated carbocycles. The van der Waals surface area contributed by atoms with Gasteiger partial charge in [-0.15, -0.1) is 0 Å². The molecule has 2 atom stereocenters. The zero-order valence-corrected chi connectivity index (χ0v) is 22.4. The number of nitrogens with one attached hydrogen (secondary N) is 2. The number of piperidine rings is 1. The van der Waals surface area contributed by atoms with Crippen LogP contribution in [0.3, 0.4) is 0 Å². The fourth-order valence-electron chi connectivity index (χ4n) is 5.45. The predicted molar refractivity (Wildman–Crippen MR) is 149 cm³/mol. The number of likely N-dealkylation sites (tertiary alicyclic amines) is 1. The molecule has 2 saturated heterocycles. The SMILES string of the molecule is C=C1CC(C(=O)N2CCCC(c3nc(-c4ccc(C(=O)Nc5cc(C(F)(F)F)ccn5)cc4)c4c(N)nccn34)C2)N1. The first kappa shape index (κ1) is 27.2. The zero-order chi connectivity index (χ0) is 29.6. The van der Waals surface area contributed by atoms with Gasteiger partial charge in [0.25, 0.3) is 5.91 Å². The van der Waals surface area contributed by atoms with E-state index in [4.69, 9.17) is 10.7 Å². The molecule has 6 rings (SSSR count). The second-order valence-electron chi connectivity index (χ2n) is 10.4. The lowest BCUT2D eigenvalue weighted by molar-refractivity contribution is -0.137. The molecule has 2 unspecified atom stereocenters. The number of carbonyl (C=O) groups is 2. The van der Waals surface area contributed by atoms with Gasteiger partial charge in [0.05, 0.1) is 5.56 Å². The van der Waals surface area contributed by atoms with E-state index in [2.05, 4.69) is 27.2 Å². The Morgan fingerprint density at radius 2 is 1.88 bits per heavy atom. The molecule has 2 aliphatic heterocycles. The molecule has 5 heterocycles. The van der Waals surface area contributed by atoms with E-state index in [0.717, 1.165) is 42.7 Å². The number of amides is 2. The van der Waals surface area contributed by atoms with E-state index in [1.54, 1.807) is 36.7 Å². The topological polar surface area (TPSA) is 131 Å². The van der Waals surface area contributed by atoms with Gasteiger partial charge < -0.3 is 21.3 Å². The molecule has 3 aromatic heterocycles. The van der Waals surface area contributed by atoms with Crippen molar-refractivity contribution in [1.82, 2.24) is 29.6 Å². The minimum atomic E-state index is -4.55. The number of hydrogen-bond donors (Lipinski definition) is 3. The predicted octanol–water partition coefficient (Wildman–Crippen LogP) is 4.23. The van der Waals surface area contributed by atoms with Gasteiger partial charge in [-0.25, -0.2) is 15.0 Å². The Morgan fingerprint density at radius 1 is 1.12 bits per heavy atom. The van der Waals surface area contributed by atoms with E-state index in [0.29, 0.717) is 36.3 Å². The van der Waals surface area contributed by atoms with Crippen molar-refractivity contribution >= 4 is 29.0 Å². The molecule has 216 valence electrons. The maximum atomic E-state index is 13.0. The van der Waals surface area contributed by atoms with Gasteiger partial charge in [-0.2, -0.15) is 13.2 Å². The van der Waals surface area contributed by atoms with Crippen LogP contribution in [0.4, 0.5) is 24.8 Å². The Hall–Kier alpha value is -4.94. The molecule has 4 aromatic rings. The van der Waals surface area contributed by atoms with E-state index in [-0.39, 0.29) is 35.1 Å². The summed E-state index contributed by atoms with van der Waals surface area (Å²) in [7, 11) is 0. The van der Waals surface area contributed by atoms with Crippen LogP contribution in [0.1, 0.15) is 46.9 Å². The Balaban J connectivity index is 1.25. The van der Waals surface area contributed by atoms with Crippen molar-refractivity contribution in [3.05, 3.63) is 84.2 Å². The summed E-state index contributed by atoms with van der Waals surface area (Å²) in [5.74, 6) is 0.254. The van der Waals surface area contributed by atoms with Crippen molar-refractivity contribution in [2.24, 2.45) is 0 Å². The zero-order valence-electron chi connectivity index (χ0n) is 22.4. The van der Waals surface area contributed by atoms with Gasteiger partial charge in [0.2, 0.25) is 5.91 Å². The third kappa shape index (κ3) is 5.13. The van der Waals surface area contributed by atoms with E-state index >= 15 is 0 Å². The van der Waals surface area contributed by atoms with Crippen molar-refractivity contribution in [2.45, 2.75) is 37.4 Å². The maximum Gasteiger partial charge on any atom is 0.416 e. The molecule has 10 nitrogen and oxygen atoms in total. The van der Waals surface area contributed by atoms with Crippen molar-refractivity contribution in [1.29, 1.82) is 0 Å². The molecular formula is C29H27F3N8O2. The molecule has 2 fully saturated rings. The molecule has 2 amide bonds. The van der Waals surface area contributed by atoms with Gasteiger partial charge in [0.1, 0.15) is 34.7 Å². The van der Waals surface area contributed by atoms with Crippen molar-refractivity contribution in [3.8, 4) is 11.3 Å². The molecule has 0 radical (unpaired) electrons. The quantitative estimate of drug-likeness (QED) is 0.324. The van der Waals surface area contributed by atoms with Crippen LogP contribution in [-0.4, -0.2) is 55.2 Å². The van der Waals surface area contributed by atoms with Crippen LogP contribution in [-0.2, 0) is 11.0 Å². The van der Waals surface area contributed by atoms with Crippen LogP contribution in [0.5, 0.6) is 0 Å². The highest BCUT2D eigenvalue weighted by Gasteiger charge is 2.35. The maximum absolute atomic E-state index is 13.0. The summed E-state index contributed by atoms with van der Waals surface area (Å²) in [6, 6.07) is 7.87. The van der Waals surface area contributed by atoms with E-state index in [1.807, 2.05) is 9.30 Å². The van der Waals surface area contributed by atoms with Gasteiger partial charge in [0, 0.05) is 60.8 Å². The molecule has 42 heavy (non-hydrogen) atoms. The van der Waals surface area contributed by atoms with Gasteiger partial charge in [-0.1, -0.05) is 18.7 Å². The third-order valence-electron chi connectivity index (χ3n) is 7.58. The molecule has 0 spiro atoms. The standard InChI is InChI=1S/C29H27F3N8O2/c1-16-13-21(36-16)28(42)39-11-2-3-19(15-39)26-38-23(24-25(33)35-10-12-40(24)26)17-4-6-18(7-5-17)27(41)37-22-14-20(8-9-34-22)29(30,31)32/h4-10,12,14,19,21,36H,1-3,11,13,15H2,(H2,33,35)(H,34,37,41). The van der Waals surface area contributed by atoms with Crippen LogP contribution in [0.25, 0.3) is 16.8 Å². The largest absolute Gasteiger partial charge is 0.416 e. The van der Waals surface area contributed by atoms with Gasteiger partial charge in [-0.3, -0.25) is 14.0 Å². The first-order valence-electron chi connectivity index (χ1n) is 13.4. The number of benzene rings is 1. The highest BCUT2D eigenvalue weighted by Crippen LogP contribution is 2.35. The second-order valence-corrected chi connectivity index (χ2v) is 10.4. The Bertz CT molecular complexity index is 1690. The minimum absolute atomic E-state index is 0.0287. The van der Waals surface area contributed by atoms with Crippen LogP contribution in [0, 0.1) is 0 Å². The van der Waals surface area contributed by atoms with Gasteiger partial charge >= 0.3 is 6.18 Å². The Morgan fingerprint density at radius 3 is 2.60 bits per heavy atom. The van der Waals surface area contributed by atoms with Crippen molar-refractivity contribution < 1.29 is 22.8 Å². The normalized spacial score (nSPS) is 18.8. The van der Waals surface area contributed by atoms with Crippen LogP contribution < -0.4 is 16.4 Å². The number of fused-ring (bicyclic) bond motifs is 1. The lowest BCUT2D eigenvalue weighted by Gasteiger charge is -2.38. The number of alkyl halides is 3. The molecule has 2 aliphatic rings. The van der Waals surface area contributed by atoms with Crippen molar-refractivity contribution in [3.63, 3.8) is 0 Å². The average Bonchev–Trinajstić information content (AvgIpc) is 3.36. The highest BCUT2D eigenvalue weighted by atomic mass is 19.4. The van der Waals surface area contributed by atoms with E-state index in [9.17, 15) is 22.8 Å². The summed E-state index contributed by atoms with van der Waals surface area (Å²) in [4.78, 5) is 40.6. The number of anilines is 2. The Labute approximate surface area is 238 Å². The molecule has 4 N–H and O–H groups in total. The number of carbonyl (C=O) groups excluding carboxylic acids is 2. The summed E-state index contributed by atoms with van der Waals surface area (Å²) >= 11 is 0. The number of aromatic nitrogens is 4. The first-order chi connectivity index (χ1) is 20.1. The number of imidazole rings is 1. The lowest BCUT2D eigenvalue weighted by Crippen LogP contribution is -2.54. The van der Waals surface area contributed by atoms with Crippen molar-refractivity contribution in [2.75, 3.05) is 24.1 Å². The summed E-state index contributed by atoms with van der Waals surface area (Å²) in [6.07, 6.45) is 2.15. The van der Waals surface area contributed by atoms with Gasteiger partial charge in [-0.05, 0) is 37.1 Å². The summed E-state index contributed by atoms with van der Waals surface area (Å²) in [6.45, 7) is 5.05. The summed E-state index contributed by atoms with van der Waals surface area (Å²) in [5.41, 5.74) is 8.33. The van der Waals surface area contributed by atoms with E-state index < -0.39 is 17.6 Å². The average molecular weight is 577 g/mol. The third-order valence-corrected chi connectivity index (χ3v) is 7.58. The minimum Gasteiger partial charge on any atom is -0.382 e. The number of hydrogen-bond acceptors (Lipinski definition) is 7. The number of rotatable bonds is 5. The molecule has 1 aromatic carbocycles. The second kappa shape index (κ2) is 10.5. The number of nitrogen functional groups attached to an aromatic ring is 1. The smallest absolute Gasteiger partial charge is 0.382 e. The monoisotopic (exact) mass is 576 g/mol. The number of nitrogens with two attached hydrogens (primary N) is 1.